The summed E-state index contributed by atoms with van der Waals surface area (Å²) in [4.78, 5) is 0. The van der Waals surface area contributed by atoms with E-state index in [1.807, 2.05) is 42.5 Å². The van der Waals surface area contributed by atoms with E-state index >= 15 is 0 Å². The van der Waals surface area contributed by atoms with Gasteiger partial charge in [0.05, 0.1) is 6.54 Å². The molecule has 0 spiro atoms. The van der Waals surface area contributed by atoms with E-state index in [0.717, 1.165) is 11.1 Å². The molecular weight excluding hydrogens is 266 g/mol. The summed E-state index contributed by atoms with van der Waals surface area (Å²) in [6, 6.07) is 16.8. The first-order chi connectivity index (χ1) is 10.3. The first-order valence-electron chi connectivity index (χ1n) is 6.68. The van der Waals surface area contributed by atoms with Crippen LogP contribution in [0.3, 0.4) is 0 Å². The Labute approximate surface area is 122 Å². The van der Waals surface area contributed by atoms with Crippen LogP contribution in [0.4, 0.5) is 0 Å². The minimum Gasteiger partial charge on any atom is -0.508 e. The highest BCUT2D eigenvalue weighted by atomic mass is 16.4. The van der Waals surface area contributed by atoms with E-state index in [0.29, 0.717) is 24.9 Å². The molecule has 0 fully saturated rings. The Morgan fingerprint density at radius 2 is 1.67 bits per heavy atom. The lowest BCUT2D eigenvalue weighted by Gasteiger charge is -2.04. The number of nitrogens with zero attached hydrogens (tertiary/aromatic N) is 2. The number of hydrogen-bond acceptors (Lipinski definition) is 5. The highest BCUT2D eigenvalue weighted by Crippen LogP contribution is 2.17. The van der Waals surface area contributed by atoms with Gasteiger partial charge in [-0.05, 0) is 18.2 Å². The molecule has 5 nitrogen and oxygen atoms in total. The number of nitrogens with one attached hydrogen (secondary N) is 1. The van der Waals surface area contributed by atoms with Gasteiger partial charge in [0.1, 0.15) is 5.75 Å². The van der Waals surface area contributed by atoms with E-state index in [9.17, 15) is 5.11 Å². The van der Waals surface area contributed by atoms with Crippen molar-refractivity contribution < 1.29 is 9.52 Å². The second-order valence-corrected chi connectivity index (χ2v) is 4.60. The zero-order valence-corrected chi connectivity index (χ0v) is 11.4. The van der Waals surface area contributed by atoms with Gasteiger partial charge >= 0.3 is 0 Å². The summed E-state index contributed by atoms with van der Waals surface area (Å²) >= 11 is 0. The standard InChI is InChI=1S/C16H15N3O2/c20-14-9-5-4-8-13(14)10-17-11-15-18-19-16(21-15)12-6-2-1-3-7-12/h1-9,17,20H,10-11H2. The maximum Gasteiger partial charge on any atom is 0.247 e. The third kappa shape index (κ3) is 3.27. The van der Waals surface area contributed by atoms with Crippen LogP contribution in [0.1, 0.15) is 11.5 Å². The Kier molecular flexibility index (Phi) is 3.93. The van der Waals surface area contributed by atoms with Crippen molar-refractivity contribution in [3.8, 4) is 17.2 Å². The molecule has 1 heterocycles. The van der Waals surface area contributed by atoms with Crippen LogP contribution < -0.4 is 5.32 Å². The molecule has 1 aromatic heterocycles. The van der Waals surface area contributed by atoms with Crippen molar-refractivity contribution in [3.05, 3.63) is 66.1 Å². The summed E-state index contributed by atoms with van der Waals surface area (Å²) in [5, 5.41) is 20.9. The predicted octanol–water partition coefficient (Wildman–Crippen LogP) is 2.73. The maximum atomic E-state index is 9.67. The van der Waals surface area contributed by atoms with E-state index in [1.54, 1.807) is 12.1 Å². The first kappa shape index (κ1) is 13.3. The number of phenolic OH excluding ortho intramolecular Hbond substituents is 1. The Morgan fingerprint density at radius 3 is 2.48 bits per heavy atom. The van der Waals surface area contributed by atoms with Crippen molar-refractivity contribution in [2.24, 2.45) is 0 Å². The average molecular weight is 281 g/mol. The Hall–Kier alpha value is -2.66. The molecule has 3 rings (SSSR count). The van der Waals surface area contributed by atoms with Crippen LogP contribution >= 0.6 is 0 Å². The fourth-order valence-corrected chi connectivity index (χ4v) is 1.99. The van der Waals surface area contributed by atoms with Gasteiger partial charge in [-0.1, -0.05) is 36.4 Å². The normalized spacial score (nSPS) is 10.7. The Bertz CT molecular complexity index is 710. The molecule has 0 saturated carbocycles. The molecule has 5 heteroatoms. The number of benzene rings is 2. The summed E-state index contributed by atoms with van der Waals surface area (Å²) < 4.78 is 5.59. The molecule has 0 amide bonds. The molecule has 0 radical (unpaired) electrons. The summed E-state index contributed by atoms with van der Waals surface area (Å²) in [5.74, 6) is 1.31. The largest absolute Gasteiger partial charge is 0.508 e. The number of para-hydroxylation sites is 1. The van der Waals surface area contributed by atoms with Gasteiger partial charge < -0.3 is 14.8 Å². The lowest BCUT2D eigenvalue weighted by atomic mass is 10.2. The minimum absolute atomic E-state index is 0.278. The highest BCUT2D eigenvalue weighted by Gasteiger charge is 2.08. The van der Waals surface area contributed by atoms with Crippen LogP contribution in [0.25, 0.3) is 11.5 Å². The van der Waals surface area contributed by atoms with Gasteiger partial charge in [0.2, 0.25) is 11.8 Å². The van der Waals surface area contributed by atoms with Crippen molar-refractivity contribution in [2.75, 3.05) is 0 Å². The molecule has 0 atom stereocenters. The second kappa shape index (κ2) is 6.19. The van der Waals surface area contributed by atoms with Crippen molar-refractivity contribution >= 4 is 0 Å². The third-order valence-corrected chi connectivity index (χ3v) is 3.07. The zero-order chi connectivity index (χ0) is 14.5. The fraction of sp³-hybridized carbons (Fsp3) is 0.125. The maximum absolute atomic E-state index is 9.67. The fourth-order valence-electron chi connectivity index (χ4n) is 1.99. The molecule has 0 aliphatic heterocycles. The minimum atomic E-state index is 0.278. The predicted molar refractivity (Wildman–Crippen MR) is 78.4 cm³/mol. The van der Waals surface area contributed by atoms with E-state index in [4.69, 9.17) is 4.42 Å². The first-order valence-corrected chi connectivity index (χ1v) is 6.68. The average Bonchev–Trinajstić information content (AvgIpc) is 2.99. The lowest BCUT2D eigenvalue weighted by molar-refractivity contribution is 0.454. The summed E-state index contributed by atoms with van der Waals surface area (Å²) in [6.07, 6.45) is 0. The molecular formula is C16H15N3O2. The quantitative estimate of drug-likeness (QED) is 0.752. The van der Waals surface area contributed by atoms with Crippen molar-refractivity contribution in [2.45, 2.75) is 13.1 Å². The number of hydrogen-bond donors (Lipinski definition) is 2. The highest BCUT2D eigenvalue weighted by molar-refractivity contribution is 5.51. The molecule has 2 aromatic carbocycles. The molecule has 3 aromatic rings. The molecule has 0 aliphatic carbocycles. The number of aromatic nitrogens is 2. The zero-order valence-electron chi connectivity index (χ0n) is 11.4. The molecule has 0 unspecified atom stereocenters. The van der Waals surface area contributed by atoms with Crippen molar-refractivity contribution in [1.29, 1.82) is 0 Å². The smallest absolute Gasteiger partial charge is 0.247 e. The van der Waals surface area contributed by atoms with Crippen LogP contribution in [-0.4, -0.2) is 15.3 Å². The molecule has 0 bridgehead atoms. The summed E-state index contributed by atoms with van der Waals surface area (Å²) in [6.45, 7) is 0.990. The van der Waals surface area contributed by atoms with E-state index < -0.39 is 0 Å². The molecule has 21 heavy (non-hydrogen) atoms. The molecule has 0 saturated heterocycles. The van der Waals surface area contributed by atoms with Gasteiger partial charge in [-0.3, -0.25) is 0 Å². The van der Waals surface area contributed by atoms with Crippen LogP contribution in [-0.2, 0) is 13.1 Å². The van der Waals surface area contributed by atoms with Gasteiger partial charge in [-0.2, -0.15) is 0 Å². The second-order valence-electron chi connectivity index (χ2n) is 4.60. The van der Waals surface area contributed by atoms with Crippen LogP contribution in [0.15, 0.2) is 59.0 Å². The number of aromatic hydroxyl groups is 1. The van der Waals surface area contributed by atoms with Gasteiger partial charge in [0.15, 0.2) is 0 Å². The summed E-state index contributed by atoms with van der Waals surface area (Å²) in [7, 11) is 0. The molecule has 2 N–H and O–H groups in total. The SMILES string of the molecule is Oc1ccccc1CNCc1nnc(-c2ccccc2)o1. The topological polar surface area (TPSA) is 71.2 Å². The lowest BCUT2D eigenvalue weighted by Crippen LogP contribution is -2.12. The van der Waals surface area contributed by atoms with Crippen molar-refractivity contribution in [1.82, 2.24) is 15.5 Å². The third-order valence-electron chi connectivity index (χ3n) is 3.07. The van der Waals surface area contributed by atoms with Crippen LogP contribution in [0.5, 0.6) is 5.75 Å². The van der Waals surface area contributed by atoms with E-state index in [1.165, 1.54) is 0 Å². The van der Waals surface area contributed by atoms with E-state index in [-0.39, 0.29) is 5.75 Å². The van der Waals surface area contributed by atoms with E-state index in [2.05, 4.69) is 15.5 Å². The van der Waals surface area contributed by atoms with Gasteiger partial charge in [0, 0.05) is 17.7 Å². The Morgan fingerprint density at radius 1 is 0.905 bits per heavy atom. The Balaban J connectivity index is 1.60. The molecule has 106 valence electrons. The number of rotatable bonds is 5. The van der Waals surface area contributed by atoms with Crippen LogP contribution in [0, 0.1) is 0 Å². The van der Waals surface area contributed by atoms with Crippen LogP contribution in [0.2, 0.25) is 0 Å². The molecule has 0 aliphatic rings. The van der Waals surface area contributed by atoms with Gasteiger partial charge in [0.25, 0.3) is 0 Å². The van der Waals surface area contributed by atoms with Crippen molar-refractivity contribution in [3.63, 3.8) is 0 Å². The van der Waals surface area contributed by atoms with Gasteiger partial charge in [-0.15, -0.1) is 10.2 Å². The van der Waals surface area contributed by atoms with Gasteiger partial charge in [-0.25, -0.2) is 0 Å². The number of phenols is 1. The monoisotopic (exact) mass is 281 g/mol. The summed E-state index contributed by atoms with van der Waals surface area (Å²) in [5.41, 5.74) is 1.73.